The molecule has 0 amide bonds. The van der Waals surface area contributed by atoms with Crippen LogP contribution in [0.4, 0.5) is 5.69 Å². The Morgan fingerprint density at radius 1 is 0.885 bits per heavy atom. The topological polar surface area (TPSA) is 15.6 Å². The van der Waals surface area contributed by atoms with Crippen LogP contribution < -0.4 is 5.01 Å². The molecule has 0 N–H and O–H groups in total. The molecule has 0 saturated carbocycles. The number of nitrogens with zero attached hydrogens (tertiary/aromatic N) is 2. The molecule has 26 heavy (non-hydrogen) atoms. The van der Waals surface area contributed by atoms with E-state index in [1.54, 1.807) is 0 Å². The monoisotopic (exact) mass is 488 g/mol. The zero-order valence-corrected chi connectivity index (χ0v) is 17.7. The number of halogens is 3. The van der Waals surface area contributed by atoms with Gasteiger partial charge in [-0.2, -0.15) is 5.10 Å². The molecule has 5 heteroatoms. The second-order valence-corrected chi connectivity index (χ2v) is 8.33. The molecule has 1 atom stereocenters. The van der Waals surface area contributed by atoms with Crippen LogP contribution in [0.25, 0.3) is 0 Å². The second kappa shape index (κ2) is 7.55. The minimum atomic E-state index is 0.146. The van der Waals surface area contributed by atoms with E-state index in [9.17, 15) is 0 Å². The number of hydrogen-bond donors (Lipinski definition) is 0. The van der Waals surface area contributed by atoms with Crippen LogP contribution in [0.5, 0.6) is 0 Å². The van der Waals surface area contributed by atoms with Gasteiger partial charge in [-0.25, -0.2) is 0 Å². The summed E-state index contributed by atoms with van der Waals surface area (Å²) < 4.78 is 2.11. The zero-order chi connectivity index (χ0) is 18.1. The Labute approximate surface area is 174 Å². The van der Waals surface area contributed by atoms with Crippen molar-refractivity contribution in [1.29, 1.82) is 0 Å². The maximum absolute atomic E-state index is 6.04. The molecule has 1 heterocycles. The van der Waals surface area contributed by atoms with Crippen molar-refractivity contribution in [2.45, 2.75) is 12.5 Å². The number of hydrazone groups is 1. The summed E-state index contributed by atoms with van der Waals surface area (Å²) in [7, 11) is 0. The molecule has 0 unspecified atom stereocenters. The lowest BCUT2D eigenvalue weighted by atomic mass is 9.98. The molecule has 0 aliphatic carbocycles. The lowest BCUT2D eigenvalue weighted by Gasteiger charge is -2.25. The van der Waals surface area contributed by atoms with Gasteiger partial charge in [0.05, 0.1) is 17.4 Å². The third kappa shape index (κ3) is 3.59. The van der Waals surface area contributed by atoms with Gasteiger partial charge in [-0.3, -0.25) is 5.01 Å². The summed E-state index contributed by atoms with van der Waals surface area (Å²) in [5.74, 6) is 0. The van der Waals surface area contributed by atoms with Crippen molar-refractivity contribution < 1.29 is 0 Å². The first-order valence-corrected chi connectivity index (χ1v) is 10.2. The predicted molar refractivity (Wildman–Crippen MR) is 116 cm³/mol. The normalized spacial score (nSPS) is 16.7. The predicted octanol–water partition coefficient (Wildman–Crippen LogP) is 7.22. The molecule has 1 aliphatic heterocycles. The van der Waals surface area contributed by atoms with Crippen molar-refractivity contribution in [3.05, 3.63) is 97.9 Å². The largest absolute Gasteiger partial charge is 0.256 e. The molecule has 0 saturated heterocycles. The first kappa shape index (κ1) is 17.8. The summed E-state index contributed by atoms with van der Waals surface area (Å²) in [5, 5.41) is 7.81. The van der Waals surface area contributed by atoms with Gasteiger partial charge >= 0.3 is 0 Å². The molecule has 1 aliphatic rings. The Hall–Kier alpha value is -1.62. The van der Waals surface area contributed by atoms with Crippen molar-refractivity contribution in [1.82, 2.24) is 0 Å². The number of rotatable bonds is 3. The number of anilines is 1. The van der Waals surface area contributed by atoms with Gasteiger partial charge in [0.1, 0.15) is 0 Å². The lowest BCUT2D eigenvalue weighted by molar-refractivity contribution is 0.707. The standard InChI is InChI=1S/C21H15Br2ClN2/c22-16-9-5-15(6-10-16)21-13-19(14-7-11-17(24)12-8-14)25-26(21)20-4-2-1-3-18(20)23/h1-12,21H,13H2/t21-/m1/s1. The van der Waals surface area contributed by atoms with Gasteiger partial charge in [0.15, 0.2) is 0 Å². The van der Waals surface area contributed by atoms with Crippen LogP contribution in [0.3, 0.4) is 0 Å². The highest BCUT2D eigenvalue weighted by Crippen LogP contribution is 2.40. The van der Waals surface area contributed by atoms with Gasteiger partial charge in [0.2, 0.25) is 0 Å². The highest BCUT2D eigenvalue weighted by atomic mass is 79.9. The molecule has 3 aromatic rings. The van der Waals surface area contributed by atoms with Crippen LogP contribution in [0.2, 0.25) is 5.02 Å². The zero-order valence-electron chi connectivity index (χ0n) is 13.7. The first-order valence-electron chi connectivity index (χ1n) is 8.24. The van der Waals surface area contributed by atoms with E-state index in [1.807, 2.05) is 42.5 Å². The Bertz CT molecular complexity index is 953. The Balaban J connectivity index is 1.77. The van der Waals surface area contributed by atoms with E-state index in [2.05, 4.69) is 67.2 Å². The highest BCUT2D eigenvalue weighted by Gasteiger charge is 2.30. The van der Waals surface area contributed by atoms with E-state index in [-0.39, 0.29) is 6.04 Å². The van der Waals surface area contributed by atoms with Crippen molar-refractivity contribution in [3.8, 4) is 0 Å². The molecule has 0 bridgehead atoms. The maximum atomic E-state index is 6.04. The Morgan fingerprint density at radius 3 is 2.27 bits per heavy atom. The van der Waals surface area contributed by atoms with Gasteiger partial charge in [0, 0.05) is 20.4 Å². The quantitative estimate of drug-likeness (QED) is 0.378. The summed E-state index contributed by atoms with van der Waals surface area (Å²) in [6.07, 6.45) is 0.838. The number of hydrogen-bond acceptors (Lipinski definition) is 2. The Kier molecular flexibility index (Phi) is 5.16. The fourth-order valence-corrected chi connectivity index (χ4v) is 3.99. The van der Waals surface area contributed by atoms with Gasteiger partial charge < -0.3 is 0 Å². The van der Waals surface area contributed by atoms with E-state index >= 15 is 0 Å². The molecule has 0 radical (unpaired) electrons. The van der Waals surface area contributed by atoms with Crippen LogP contribution in [-0.4, -0.2) is 5.71 Å². The van der Waals surface area contributed by atoms with E-state index in [0.717, 1.165) is 37.4 Å². The van der Waals surface area contributed by atoms with Crippen LogP contribution in [0.1, 0.15) is 23.6 Å². The van der Waals surface area contributed by atoms with Crippen molar-refractivity contribution in [2.24, 2.45) is 5.10 Å². The number of para-hydroxylation sites is 1. The molecule has 3 aromatic carbocycles. The smallest absolute Gasteiger partial charge is 0.0832 e. The first-order chi connectivity index (χ1) is 12.6. The molecule has 0 fully saturated rings. The van der Waals surface area contributed by atoms with E-state index in [4.69, 9.17) is 16.7 Å². The van der Waals surface area contributed by atoms with Crippen molar-refractivity contribution in [2.75, 3.05) is 5.01 Å². The average molecular weight is 491 g/mol. The summed E-state index contributed by atoms with van der Waals surface area (Å²) in [4.78, 5) is 0. The van der Waals surface area contributed by atoms with Crippen LogP contribution in [0, 0.1) is 0 Å². The maximum Gasteiger partial charge on any atom is 0.0832 e. The highest BCUT2D eigenvalue weighted by molar-refractivity contribution is 9.10. The second-order valence-electron chi connectivity index (χ2n) is 6.12. The summed E-state index contributed by atoms with van der Waals surface area (Å²) in [6.45, 7) is 0. The fraction of sp³-hybridized carbons (Fsp3) is 0.0952. The van der Waals surface area contributed by atoms with E-state index in [0.29, 0.717) is 0 Å². The Morgan fingerprint density at radius 2 is 1.58 bits per heavy atom. The van der Waals surface area contributed by atoms with Gasteiger partial charge in [0.25, 0.3) is 0 Å². The summed E-state index contributed by atoms with van der Waals surface area (Å²) in [6, 6.07) is 24.7. The van der Waals surface area contributed by atoms with Crippen LogP contribution in [-0.2, 0) is 0 Å². The van der Waals surface area contributed by atoms with Crippen molar-refractivity contribution >= 4 is 54.9 Å². The average Bonchev–Trinajstić information content (AvgIpc) is 3.08. The molecule has 0 spiro atoms. The van der Waals surface area contributed by atoms with E-state index in [1.165, 1.54) is 5.56 Å². The summed E-state index contributed by atoms with van der Waals surface area (Å²) in [5.41, 5.74) is 4.46. The molecular weight excluding hydrogens is 476 g/mol. The SMILES string of the molecule is Clc1ccc(C2=NN(c3ccccc3Br)[C@@H](c3ccc(Br)cc3)C2)cc1. The summed E-state index contributed by atoms with van der Waals surface area (Å²) >= 11 is 13.2. The molecule has 130 valence electrons. The lowest BCUT2D eigenvalue weighted by Crippen LogP contribution is -2.18. The van der Waals surface area contributed by atoms with Crippen LogP contribution in [0.15, 0.2) is 86.8 Å². The van der Waals surface area contributed by atoms with Gasteiger partial charge in [-0.1, -0.05) is 63.9 Å². The minimum Gasteiger partial charge on any atom is -0.256 e. The van der Waals surface area contributed by atoms with E-state index < -0.39 is 0 Å². The molecular formula is C21H15Br2ClN2. The van der Waals surface area contributed by atoms with Crippen LogP contribution >= 0.6 is 43.5 Å². The van der Waals surface area contributed by atoms with Gasteiger partial charge in [-0.05, 0) is 63.5 Å². The third-order valence-electron chi connectivity index (χ3n) is 4.44. The molecule has 0 aromatic heterocycles. The third-order valence-corrected chi connectivity index (χ3v) is 5.89. The molecule has 2 nitrogen and oxygen atoms in total. The molecule has 4 rings (SSSR count). The number of benzene rings is 3. The van der Waals surface area contributed by atoms with Crippen molar-refractivity contribution in [3.63, 3.8) is 0 Å². The fourth-order valence-electron chi connectivity index (χ4n) is 3.13. The van der Waals surface area contributed by atoms with Gasteiger partial charge in [-0.15, -0.1) is 0 Å². The minimum absolute atomic E-state index is 0.146.